The second-order valence-electron chi connectivity index (χ2n) is 20.9. The Labute approximate surface area is 412 Å². The average Bonchev–Trinajstić information content (AvgIpc) is 3.82. The van der Waals surface area contributed by atoms with Crippen molar-refractivity contribution in [2.75, 3.05) is 13.1 Å². The fourth-order valence-electron chi connectivity index (χ4n) is 6.75. The Morgan fingerprint density at radius 2 is 1.10 bits per heavy atom. The number of rotatable bonds is 24. The molecule has 0 spiro atoms. The number of benzene rings is 1. The molecule has 0 aliphatic rings. The van der Waals surface area contributed by atoms with E-state index in [9.17, 15) is 37.2 Å². The lowest BCUT2D eigenvalue weighted by molar-refractivity contribution is -0.158. The highest BCUT2D eigenvalue weighted by atomic mass is 32.2. The molecule has 3 rings (SSSR count). The van der Waals surface area contributed by atoms with Crippen LogP contribution in [0.2, 0.25) is 0 Å². The van der Waals surface area contributed by atoms with Crippen LogP contribution in [0.5, 0.6) is 0 Å². The van der Waals surface area contributed by atoms with Gasteiger partial charge < -0.3 is 44.0 Å². The first-order chi connectivity index (χ1) is 32.2. The van der Waals surface area contributed by atoms with E-state index in [2.05, 4.69) is 25.9 Å². The van der Waals surface area contributed by atoms with Crippen LogP contribution >= 0.6 is 0 Å². The molecule has 0 unspecified atom stereocenters. The minimum Gasteiger partial charge on any atom is -0.459 e. The summed E-state index contributed by atoms with van der Waals surface area (Å²) in [5, 5.41) is 13.2. The Kier molecular flexibility index (Phi) is 21.1. The topological polar surface area (TPSA) is 274 Å². The largest absolute Gasteiger partial charge is 0.459 e. The summed E-state index contributed by atoms with van der Waals surface area (Å²) in [7, 11) is -3.85. The predicted octanol–water partition coefficient (Wildman–Crippen LogP) is 4.44. The van der Waals surface area contributed by atoms with Crippen LogP contribution in [-0.4, -0.2) is 116 Å². The van der Waals surface area contributed by atoms with Crippen molar-refractivity contribution in [1.82, 2.24) is 40.0 Å². The standard InChI is InChI=1S/C48H75N9O12S/c1-45(2,3)66-40(59)31-56-27-24-50-37(56)29-55(30-38-51-25-28-57(38)32-41(60)67-46(4,5)6)26-14-13-15-35(42(61)68-47(7,8)9)53-44(63)54-36(43(62)69-48(10,11)12)20-21-39(58)52-23-22-33-16-18-34(19-17-33)70(49,64)65/h16-19,24-25,27-28,35-36H,13-15,20-23,26,29-32H2,1-12H3,(H,52,58)(H2,49,64,65)(H2,53,54,63)/t35-,36-/m0/s1. The van der Waals surface area contributed by atoms with Crippen molar-refractivity contribution in [2.24, 2.45) is 5.14 Å². The van der Waals surface area contributed by atoms with Gasteiger partial charge in [0.15, 0.2) is 0 Å². The first-order valence-corrected chi connectivity index (χ1v) is 24.9. The smallest absolute Gasteiger partial charge is 0.329 e. The molecule has 2 heterocycles. The summed E-state index contributed by atoms with van der Waals surface area (Å²) in [5.74, 6) is -1.59. The Morgan fingerprint density at radius 3 is 1.53 bits per heavy atom. The molecule has 2 atom stereocenters. The van der Waals surface area contributed by atoms with Crippen LogP contribution in [0.1, 0.15) is 132 Å². The van der Waals surface area contributed by atoms with Gasteiger partial charge in [-0.3, -0.25) is 19.3 Å². The number of hydrogen-bond acceptors (Lipinski definition) is 15. The normalized spacial score (nSPS) is 13.2. The molecule has 5 N–H and O–H groups in total. The number of carbonyl (C=O) groups excluding carboxylic acids is 6. The van der Waals surface area contributed by atoms with E-state index >= 15 is 0 Å². The highest BCUT2D eigenvalue weighted by molar-refractivity contribution is 7.89. The van der Waals surface area contributed by atoms with Crippen molar-refractivity contribution in [3.63, 3.8) is 0 Å². The molecule has 0 fully saturated rings. The Morgan fingerprint density at radius 1 is 0.657 bits per heavy atom. The third-order valence-corrected chi connectivity index (χ3v) is 10.6. The maximum absolute atomic E-state index is 13.7. The Balaban J connectivity index is 1.75. The molecule has 21 nitrogen and oxygen atoms in total. The third kappa shape index (κ3) is 23.2. The van der Waals surface area contributed by atoms with E-state index in [1.165, 1.54) is 12.1 Å². The van der Waals surface area contributed by atoms with Gasteiger partial charge >= 0.3 is 29.9 Å². The average molecular weight is 1000 g/mol. The van der Waals surface area contributed by atoms with Crippen molar-refractivity contribution < 1.29 is 56.1 Å². The lowest BCUT2D eigenvalue weighted by Gasteiger charge is -2.27. The number of nitrogens with two attached hydrogens (primary N) is 1. The fourth-order valence-corrected chi connectivity index (χ4v) is 7.27. The number of imidazole rings is 2. The van der Waals surface area contributed by atoms with Crippen molar-refractivity contribution in [3.8, 4) is 0 Å². The van der Waals surface area contributed by atoms with Gasteiger partial charge in [0.2, 0.25) is 15.9 Å². The van der Waals surface area contributed by atoms with Crippen LogP contribution < -0.4 is 21.1 Å². The summed E-state index contributed by atoms with van der Waals surface area (Å²) in [4.78, 5) is 90.2. The molecule has 0 aliphatic heterocycles. The Bertz CT molecular complexity index is 2270. The number of ether oxygens (including phenoxy) is 4. The van der Waals surface area contributed by atoms with Gasteiger partial charge in [-0.25, -0.2) is 37.9 Å². The zero-order valence-electron chi connectivity index (χ0n) is 42.9. The summed E-state index contributed by atoms with van der Waals surface area (Å²) in [5.41, 5.74) is -2.42. The molecule has 22 heteroatoms. The SMILES string of the molecule is CC(C)(C)OC(=O)Cn1ccnc1CN(CCCC[C@H](NC(=O)N[C@@H](CCC(=O)NCCc1ccc(S(N)(=O)=O)cc1)C(=O)OC(C)(C)C)C(=O)OC(C)(C)C)Cc1nccn1CC(=O)OC(C)(C)C. The molecule has 1 aromatic carbocycles. The highest BCUT2D eigenvalue weighted by Crippen LogP contribution is 2.17. The first kappa shape index (κ1) is 58.4. The van der Waals surface area contributed by atoms with E-state index in [4.69, 9.17) is 24.1 Å². The number of sulfonamides is 1. The molecule has 0 aliphatic carbocycles. The molecular formula is C48H75N9O12S. The number of urea groups is 1. The lowest BCUT2D eigenvalue weighted by atomic mass is 10.1. The van der Waals surface area contributed by atoms with Crippen LogP contribution in [0, 0.1) is 0 Å². The number of nitrogens with zero attached hydrogens (tertiary/aromatic N) is 5. The van der Waals surface area contributed by atoms with E-state index in [1.54, 1.807) is 129 Å². The van der Waals surface area contributed by atoms with Crippen LogP contribution in [0.4, 0.5) is 4.79 Å². The molecule has 0 saturated heterocycles. The van der Waals surface area contributed by atoms with Gasteiger partial charge in [0.25, 0.3) is 0 Å². The zero-order chi connectivity index (χ0) is 52.7. The maximum atomic E-state index is 13.7. The zero-order valence-corrected chi connectivity index (χ0v) is 43.7. The van der Waals surface area contributed by atoms with Gasteiger partial charge in [-0.15, -0.1) is 0 Å². The molecule has 70 heavy (non-hydrogen) atoms. The number of esters is 4. The number of unbranched alkanes of at least 4 members (excludes halogenated alkanes) is 1. The molecule has 3 aromatic rings. The first-order valence-electron chi connectivity index (χ1n) is 23.3. The quantitative estimate of drug-likeness (QED) is 0.0549. The minimum atomic E-state index is -3.85. The van der Waals surface area contributed by atoms with Gasteiger partial charge in [-0.05, 0) is 139 Å². The van der Waals surface area contributed by atoms with Crippen molar-refractivity contribution in [1.29, 1.82) is 0 Å². The van der Waals surface area contributed by atoms with Gasteiger partial charge in [0.1, 0.15) is 59.2 Å². The number of aromatic nitrogens is 4. The van der Waals surface area contributed by atoms with Crippen LogP contribution in [-0.2, 0) is 85.5 Å². The molecule has 0 bridgehead atoms. The Hall–Kier alpha value is -5.87. The molecule has 0 radical (unpaired) electrons. The van der Waals surface area contributed by atoms with Crippen LogP contribution in [0.15, 0.2) is 53.9 Å². The number of primary sulfonamides is 1. The fraction of sp³-hybridized carbons (Fsp3) is 0.625. The second-order valence-corrected chi connectivity index (χ2v) is 22.5. The number of nitrogens with one attached hydrogen (secondary N) is 3. The van der Waals surface area contributed by atoms with Gasteiger partial charge in [0.05, 0.1) is 18.0 Å². The summed E-state index contributed by atoms with van der Waals surface area (Å²) in [6.07, 6.45) is 7.71. The maximum Gasteiger partial charge on any atom is 0.329 e. The lowest BCUT2D eigenvalue weighted by Crippen LogP contribution is -2.53. The van der Waals surface area contributed by atoms with E-state index in [1.807, 2.05) is 4.90 Å². The highest BCUT2D eigenvalue weighted by Gasteiger charge is 2.31. The minimum absolute atomic E-state index is 0.0314. The van der Waals surface area contributed by atoms with Crippen molar-refractivity contribution >= 4 is 45.8 Å². The van der Waals surface area contributed by atoms with Crippen LogP contribution in [0.25, 0.3) is 0 Å². The van der Waals surface area contributed by atoms with Gasteiger partial charge in [-0.1, -0.05) is 12.1 Å². The van der Waals surface area contributed by atoms with Crippen molar-refractivity contribution in [3.05, 3.63) is 66.3 Å². The molecule has 2 aromatic heterocycles. The number of amides is 3. The second kappa shape index (κ2) is 25.3. The van der Waals surface area contributed by atoms with E-state index in [0.29, 0.717) is 37.5 Å². The summed E-state index contributed by atoms with van der Waals surface area (Å²) >= 11 is 0. The predicted molar refractivity (Wildman–Crippen MR) is 259 cm³/mol. The molecular weight excluding hydrogens is 927 g/mol. The molecule has 0 saturated carbocycles. The van der Waals surface area contributed by atoms with E-state index in [0.717, 1.165) is 5.56 Å². The number of hydrogen-bond donors (Lipinski definition) is 4. The summed E-state index contributed by atoms with van der Waals surface area (Å²) in [6, 6.07) is 2.68. The van der Waals surface area contributed by atoms with Gasteiger partial charge in [-0.2, -0.15) is 0 Å². The third-order valence-electron chi connectivity index (χ3n) is 9.63. The molecule has 390 valence electrons. The molecule has 3 amide bonds. The van der Waals surface area contributed by atoms with Crippen molar-refractivity contribution in [2.45, 2.75) is 187 Å². The summed E-state index contributed by atoms with van der Waals surface area (Å²) in [6.45, 7) is 21.9. The van der Waals surface area contributed by atoms with Gasteiger partial charge in [0, 0.05) is 37.8 Å². The van der Waals surface area contributed by atoms with Crippen LogP contribution in [0.3, 0.4) is 0 Å². The van der Waals surface area contributed by atoms with E-state index < -0.39 is 80.3 Å². The van der Waals surface area contributed by atoms with E-state index in [-0.39, 0.29) is 56.9 Å². The number of carbonyl (C=O) groups is 6. The summed E-state index contributed by atoms with van der Waals surface area (Å²) < 4.78 is 48.9. The monoisotopic (exact) mass is 1000 g/mol.